The topological polar surface area (TPSA) is 73.9 Å². The fraction of sp³-hybridized carbons (Fsp3) is 0.250. The van der Waals surface area contributed by atoms with Crippen molar-refractivity contribution in [3.8, 4) is 5.75 Å². The fourth-order valence-electron chi connectivity index (χ4n) is 2.81. The number of phenols is 1. The van der Waals surface area contributed by atoms with Crippen molar-refractivity contribution in [1.29, 1.82) is 0 Å². The number of rotatable bonds is 4. The highest BCUT2D eigenvalue weighted by Gasteiger charge is 2.15. The van der Waals surface area contributed by atoms with Crippen LogP contribution in [0.25, 0.3) is 5.70 Å². The Labute approximate surface area is 148 Å². The van der Waals surface area contributed by atoms with Crippen LogP contribution >= 0.6 is 0 Å². The molecule has 3 rings (SSSR count). The standard InChI is InChI=1S/C20H24N4O/c1-15-2-4-16(5-3-15)13-23-20-14-24(11-10-22-20)19(12-21)17-6-8-18(25)9-7-17/h2,4-12,15,25H,3,13-14,21H2,1H3,(H,22,23)/b19-12-. The molecule has 1 unspecified atom stereocenters. The van der Waals surface area contributed by atoms with Gasteiger partial charge in [0.25, 0.3) is 0 Å². The van der Waals surface area contributed by atoms with Crippen LogP contribution < -0.4 is 11.1 Å². The van der Waals surface area contributed by atoms with Crippen molar-refractivity contribution in [2.24, 2.45) is 16.6 Å². The number of nitrogens with two attached hydrogens (primary N) is 1. The molecule has 5 heteroatoms. The number of hydrogen-bond acceptors (Lipinski definition) is 4. The van der Waals surface area contributed by atoms with Gasteiger partial charge in [0.2, 0.25) is 0 Å². The van der Waals surface area contributed by atoms with Gasteiger partial charge in [-0.15, -0.1) is 0 Å². The molecule has 5 nitrogen and oxygen atoms in total. The van der Waals surface area contributed by atoms with Crippen LogP contribution in [0.1, 0.15) is 18.9 Å². The number of hydrogen-bond donors (Lipinski definition) is 3. The normalized spacial score (nSPS) is 22.0. The number of benzene rings is 1. The summed E-state index contributed by atoms with van der Waals surface area (Å²) in [6, 6.07) is 7.00. The van der Waals surface area contributed by atoms with Crippen LogP contribution in [0.5, 0.6) is 5.75 Å². The zero-order valence-electron chi connectivity index (χ0n) is 14.4. The van der Waals surface area contributed by atoms with E-state index in [1.807, 2.05) is 29.4 Å². The fourth-order valence-corrected chi connectivity index (χ4v) is 2.81. The third-order valence-electron chi connectivity index (χ3n) is 4.30. The lowest BCUT2D eigenvalue weighted by atomic mass is 9.99. The van der Waals surface area contributed by atoms with Crippen LogP contribution in [0.15, 0.2) is 71.7 Å². The maximum atomic E-state index is 9.46. The first-order valence-corrected chi connectivity index (χ1v) is 8.47. The van der Waals surface area contributed by atoms with E-state index in [0.717, 1.165) is 23.5 Å². The number of allylic oxidation sites excluding steroid dienone is 2. The van der Waals surface area contributed by atoms with Crippen molar-refractivity contribution < 1.29 is 5.11 Å². The van der Waals surface area contributed by atoms with Gasteiger partial charge in [-0.2, -0.15) is 0 Å². The lowest BCUT2D eigenvalue weighted by Crippen LogP contribution is -2.36. The van der Waals surface area contributed by atoms with Gasteiger partial charge in [-0.3, -0.25) is 4.99 Å². The molecule has 0 aromatic heterocycles. The van der Waals surface area contributed by atoms with Gasteiger partial charge in [0.15, 0.2) is 0 Å². The first-order chi connectivity index (χ1) is 12.2. The lowest BCUT2D eigenvalue weighted by molar-refractivity contribution is 0.475. The number of amidine groups is 1. The molecule has 0 amide bonds. The van der Waals surface area contributed by atoms with Crippen LogP contribution in [0.2, 0.25) is 0 Å². The maximum absolute atomic E-state index is 9.46. The minimum absolute atomic E-state index is 0.237. The van der Waals surface area contributed by atoms with Crippen molar-refractivity contribution in [2.75, 3.05) is 13.1 Å². The SMILES string of the molecule is CC1C=CC(CN=C2CN(/C(=C\N)c3ccc(O)cc3)C=CN2)=CC1. The van der Waals surface area contributed by atoms with Crippen molar-refractivity contribution >= 4 is 11.5 Å². The van der Waals surface area contributed by atoms with Crippen LogP contribution in [-0.4, -0.2) is 28.9 Å². The monoisotopic (exact) mass is 336 g/mol. The Hall–Kier alpha value is -2.95. The summed E-state index contributed by atoms with van der Waals surface area (Å²) < 4.78 is 0. The summed E-state index contributed by atoms with van der Waals surface area (Å²) in [7, 11) is 0. The van der Waals surface area contributed by atoms with Crippen molar-refractivity contribution in [2.45, 2.75) is 13.3 Å². The highest BCUT2D eigenvalue weighted by molar-refractivity contribution is 5.88. The smallest absolute Gasteiger partial charge is 0.121 e. The van der Waals surface area contributed by atoms with E-state index in [-0.39, 0.29) is 5.75 Å². The molecule has 0 saturated heterocycles. The molecule has 1 atom stereocenters. The van der Waals surface area contributed by atoms with Gasteiger partial charge in [0.05, 0.1) is 18.8 Å². The predicted molar refractivity (Wildman–Crippen MR) is 103 cm³/mol. The first-order valence-electron chi connectivity index (χ1n) is 8.47. The predicted octanol–water partition coefficient (Wildman–Crippen LogP) is 2.95. The summed E-state index contributed by atoms with van der Waals surface area (Å²) >= 11 is 0. The Balaban J connectivity index is 1.69. The Morgan fingerprint density at radius 3 is 2.88 bits per heavy atom. The van der Waals surface area contributed by atoms with Crippen molar-refractivity contribution in [1.82, 2.24) is 10.2 Å². The molecule has 2 aliphatic rings. The Morgan fingerprint density at radius 1 is 1.40 bits per heavy atom. The third kappa shape index (κ3) is 4.32. The van der Waals surface area contributed by atoms with E-state index in [4.69, 9.17) is 10.7 Å². The van der Waals surface area contributed by atoms with E-state index in [1.165, 1.54) is 5.57 Å². The first kappa shape index (κ1) is 16.9. The lowest BCUT2D eigenvalue weighted by Gasteiger charge is -2.27. The molecular formula is C20H24N4O. The van der Waals surface area contributed by atoms with E-state index in [2.05, 4.69) is 30.5 Å². The van der Waals surface area contributed by atoms with Crippen LogP contribution in [0, 0.1) is 5.92 Å². The van der Waals surface area contributed by atoms with Gasteiger partial charge in [0.1, 0.15) is 11.6 Å². The van der Waals surface area contributed by atoms with Crippen LogP contribution in [0.3, 0.4) is 0 Å². The van der Waals surface area contributed by atoms with Crippen molar-refractivity contribution in [3.63, 3.8) is 0 Å². The van der Waals surface area contributed by atoms with E-state index in [9.17, 15) is 5.11 Å². The number of aliphatic imine (C=N–C) groups is 1. The third-order valence-corrected chi connectivity index (χ3v) is 4.30. The molecule has 1 aliphatic heterocycles. The minimum atomic E-state index is 0.237. The van der Waals surface area contributed by atoms with Gasteiger partial charge in [-0.25, -0.2) is 0 Å². The summed E-state index contributed by atoms with van der Waals surface area (Å²) in [5, 5.41) is 12.7. The zero-order valence-corrected chi connectivity index (χ0v) is 14.4. The Kier molecular flexibility index (Phi) is 5.23. The molecule has 1 aromatic carbocycles. The molecule has 1 heterocycles. The maximum Gasteiger partial charge on any atom is 0.121 e. The molecule has 4 N–H and O–H groups in total. The van der Waals surface area contributed by atoms with Gasteiger partial charge in [-0.05, 0) is 47.7 Å². The average molecular weight is 336 g/mol. The van der Waals surface area contributed by atoms with Gasteiger partial charge < -0.3 is 21.1 Å². The summed E-state index contributed by atoms with van der Waals surface area (Å²) in [5.41, 5.74) is 8.91. The summed E-state index contributed by atoms with van der Waals surface area (Å²) in [6.45, 7) is 3.51. The second kappa shape index (κ2) is 7.75. The highest BCUT2D eigenvalue weighted by Crippen LogP contribution is 2.22. The number of nitrogens with one attached hydrogen (secondary N) is 1. The quantitative estimate of drug-likeness (QED) is 0.790. The molecule has 1 aromatic rings. The summed E-state index contributed by atoms with van der Waals surface area (Å²) in [5.74, 6) is 1.75. The van der Waals surface area contributed by atoms with Gasteiger partial charge in [0, 0.05) is 18.6 Å². The van der Waals surface area contributed by atoms with E-state index in [0.29, 0.717) is 19.0 Å². The van der Waals surface area contributed by atoms with Gasteiger partial charge >= 0.3 is 0 Å². The molecule has 25 heavy (non-hydrogen) atoms. The molecule has 1 aliphatic carbocycles. The molecule has 0 saturated carbocycles. The molecular weight excluding hydrogens is 312 g/mol. The molecule has 0 bridgehead atoms. The summed E-state index contributed by atoms with van der Waals surface area (Å²) in [4.78, 5) is 6.73. The largest absolute Gasteiger partial charge is 0.508 e. The number of aromatic hydroxyl groups is 1. The van der Waals surface area contributed by atoms with E-state index in [1.54, 1.807) is 18.3 Å². The zero-order chi connectivity index (χ0) is 17.6. The molecule has 0 radical (unpaired) electrons. The van der Waals surface area contributed by atoms with Crippen LogP contribution in [0.4, 0.5) is 0 Å². The van der Waals surface area contributed by atoms with E-state index < -0.39 is 0 Å². The molecule has 0 spiro atoms. The minimum Gasteiger partial charge on any atom is -0.508 e. The Bertz CT molecular complexity index is 756. The van der Waals surface area contributed by atoms with Crippen molar-refractivity contribution in [3.05, 3.63) is 72.2 Å². The van der Waals surface area contributed by atoms with Gasteiger partial charge in [-0.1, -0.05) is 25.2 Å². The number of nitrogens with zero attached hydrogens (tertiary/aromatic N) is 2. The van der Waals surface area contributed by atoms with Crippen LogP contribution in [-0.2, 0) is 0 Å². The second-order valence-electron chi connectivity index (χ2n) is 6.30. The second-order valence-corrected chi connectivity index (χ2v) is 6.30. The summed E-state index contributed by atoms with van der Waals surface area (Å²) in [6.07, 6.45) is 13.1. The number of phenolic OH excluding ortho intramolecular Hbond substituents is 1. The molecule has 130 valence electrons. The van der Waals surface area contributed by atoms with E-state index >= 15 is 0 Å². The Morgan fingerprint density at radius 2 is 2.20 bits per heavy atom. The highest BCUT2D eigenvalue weighted by atomic mass is 16.3. The average Bonchev–Trinajstić information content (AvgIpc) is 2.64. The molecule has 0 fully saturated rings.